The Kier molecular flexibility index (Phi) is 5.06. The van der Waals surface area contributed by atoms with Gasteiger partial charge in [0, 0.05) is 13.1 Å². The van der Waals surface area contributed by atoms with Gasteiger partial charge in [-0.05, 0) is 52.0 Å². The highest BCUT2D eigenvalue weighted by Gasteiger charge is 2.21. The standard InChI is InChI=1S/C14H24N8S/c1-3-15-11-17-12(16-4-2)22-13(18-11)19-14(23)21(22)10-20-8-6-5-7-9-20/h3-10H2,1-2H3,(H2,15,16,17,18,19,23)/p+1. The number of likely N-dealkylation sites (tertiary alicyclic amines) is 1. The van der Waals surface area contributed by atoms with Crippen LogP contribution in [0.2, 0.25) is 0 Å². The number of aromatic amines is 1. The topological polar surface area (TPSA) is 77.9 Å². The molecule has 0 aromatic carbocycles. The van der Waals surface area contributed by atoms with Crippen LogP contribution in [0.1, 0.15) is 33.1 Å². The van der Waals surface area contributed by atoms with Crippen LogP contribution in [0.4, 0.5) is 11.9 Å². The summed E-state index contributed by atoms with van der Waals surface area (Å²) in [5, 5.41) is 6.47. The third-order valence-electron chi connectivity index (χ3n) is 3.97. The van der Waals surface area contributed by atoms with E-state index in [4.69, 9.17) is 12.2 Å². The molecule has 0 aliphatic carbocycles. The molecule has 0 saturated carbocycles. The van der Waals surface area contributed by atoms with Crippen LogP contribution in [0.3, 0.4) is 0 Å². The molecular weight excluding hydrogens is 312 g/mol. The number of anilines is 2. The number of hydrogen-bond donors (Lipinski definition) is 3. The first-order valence-corrected chi connectivity index (χ1v) is 8.76. The van der Waals surface area contributed by atoms with Gasteiger partial charge in [0.05, 0.1) is 0 Å². The number of H-pyrrole nitrogens is 1. The third kappa shape index (κ3) is 3.45. The van der Waals surface area contributed by atoms with Crippen LogP contribution < -0.4 is 15.1 Å². The molecule has 9 heteroatoms. The summed E-state index contributed by atoms with van der Waals surface area (Å²) in [5.41, 5.74) is 0. The van der Waals surface area contributed by atoms with Crippen molar-refractivity contribution in [1.29, 1.82) is 0 Å². The van der Waals surface area contributed by atoms with E-state index < -0.39 is 0 Å². The molecule has 126 valence electrons. The second-order valence-corrected chi connectivity index (χ2v) is 6.10. The van der Waals surface area contributed by atoms with Crippen molar-refractivity contribution < 1.29 is 4.52 Å². The van der Waals surface area contributed by atoms with Gasteiger partial charge in [0.25, 0.3) is 0 Å². The molecule has 1 saturated heterocycles. The molecule has 0 amide bonds. The minimum absolute atomic E-state index is 0.602. The average molecular weight is 337 g/mol. The summed E-state index contributed by atoms with van der Waals surface area (Å²) >= 11 is 5.52. The van der Waals surface area contributed by atoms with Gasteiger partial charge in [-0.3, -0.25) is 4.90 Å². The zero-order chi connectivity index (χ0) is 16.2. The fourth-order valence-corrected chi connectivity index (χ4v) is 3.14. The molecule has 0 unspecified atom stereocenters. The number of piperidine rings is 1. The van der Waals surface area contributed by atoms with Crippen molar-refractivity contribution in [3.05, 3.63) is 4.77 Å². The van der Waals surface area contributed by atoms with Crippen molar-refractivity contribution in [1.82, 2.24) is 24.5 Å². The van der Waals surface area contributed by atoms with Gasteiger partial charge in [-0.1, -0.05) is 16.4 Å². The highest BCUT2D eigenvalue weighted by molar-refractivity contribution is 7.71. The quantitative estimate of drug-likeness (QED) is 0.546. The number of rotatable bonds is 6. The predicted octanol–water partition coefficient (Wildman–Crippen LogP) is 1.38. The fourth-order valence-electron chi connectivity index (χ4n) is 2.91. The molecule has 0 atom stereocenters. The second-order valence-electron chi connectivity index (χ2n) is 5.72. The maximum absolute atomic E-state index is 5.52. The van der Waals surface area contributed by atoms with E-state index in [2.05, 4.69) is 37.4 Å². The third-order valence-corrected chi connectivity index (χ3v) is 4.28. The van der Waals surface area contributed by atoms with Crippen molar-refractivity contribution in [3.8, 4) is 0 Å². The molecule has 3 rings (SSSR count). The normalized spacial score (nSPS) is 15.9. The maximum atomic E-state index is 5.52. The first kappa shape index (κ1) is 16.1. The molecule has 8 nitrogen and oxygen atoms in total. The molecule has 2 aromatic rings. The van der Waals surface area contributed by atoms with Crippen molar-refractivity contribution >= 4 is 29.9 Å². The van der Waals surface area contributed by atoms with Crippen LogP contribution in [0, 0.1) is 4.77 Å². The summed E-state index contributed by atoms with van der Waals surface area (Å²) in [6.45, 7) is 8.62. The van der Waals surface area contributed by atoms with Crippen molar-refractivity contribution in [3.63, 3.8) is 0 Å². The molecule has 0 bridgehead atoms. The summed E-state index contributed by atoms with van der Waals surface area (Å²) in [5.74, 6) is 2.05. The van der Waals surface area contributed by atoms with Crippen LogP contribution in [-0.4, -0.2) is 50.7 Å². The Labute approximate surface area is 140 Å². The van der Waals surface area contributed by atoms with Crippen LogP contribution in [-0.2, 0) is 6.67 Å². The highest BCUT2D eigenvalue weighted by Crippen LogP contribution is 2.10. The fraction of sp³-hybridized carbons (Fsp3) is 0.714. The summed E-state index contributed by atoms with van der Waals surface area (Å²) < 4.78 is 4.64. The van der Waals surface area contributed by atoms with Gasteiger partial charge in [-0.15, -0.1) is 4.52 Å². The Bertz CT molecular complexity index is 715. The number of hydrogen-bond acceptors (Lipinski definition) is 6. The SMILES string of the molecule is CCNc1nc(NCC)[n+]2c(n1)[nH]c(=S)n2CN1CCCCC1. The van der Waals surface area contributed by atoms with Gasteiger partial charge in [-0.2, -0.15) is 4.68 Å². The zero-order valence-corrected chi connectivity index (χ0v) is 14.6. The van der Waals surface area contributed by atoms with Gasteiger partial charge in [0.1, 0.15) is 6.67 Å². The van der Waals surface area contributed by atoms with Gasteiger partial charge >= 0.3 is 17.7 Å². The van der Waals surface area contributed by atoms with Gasteiger partial charge in [-0.25, -0.2) is 4.98 Å². The first-order valence-electron chi connectivity index (χ1n) is 8.36. The van der Waals surface area contributed by atoms with Crippen LogP contribution in [0.5, 0.6) is 0 Å². The summed E-state index contributed by atoms with van der Waals surface area (Å²) in [6, 6.07) is 0. The summed E-state index contributed by atoms with van der Waals surface area (Å²) in [6.07, 6.45) is 3.82. The Hall–Kier alpha value is -1.74. The molecule has 3 N–H and O–H groups in total. The molecule has 2 aromatic heterocycles. The van der Waals surface area contributed by atoms with Gasteiger partial charge < -0.3 is 10.6 Å². The molecule has 0 spiro atoms. The minimum Gasteiger partial charge on any atom is -0.338 e. The summed E-state index contributed by atoms with van der Waals surface area (Å²) in [4.78, 5) is 14.7. The highest BCUT2D eigenvalue weighted by atomic mass is 32.1. The molecule has 1 aliphatic rings. The Morgan fingerprint density at radius 1 is 1.13 bits per heavy atom. The number of nitrogens with zero attached hydrogens (tertiary/aromatic N) is 5. The van der Waals surface area contributed by atoms with Crippen LogP contribution in [0.25, 0.3) is 5.78 Å². The van der Waals surface area contributed by atoms with Crippen molar-refractivity contribution in [2.75, 3.05) is 36.8 Å². The molecule has 1 aliphatic heterocycles. The molecule has 0 radical (unpaired) electrons. The Balaban J connectivity index is 2.02. The lowest BCUT2D eigenvalue weighted by atomic mass is 10.1. The lowest BCUT2D eigenvalue weighted by Crippen LogP contribution is -2.43. The average Bonchev–Trinajstić information content (AvgIpc) is 2.85. The van der Waals surface area contributed by atoms with E-state index in [9.17, 15) is 0 Å². The Morgan fingerprint density at radius 2 is 1.87 bits per heavy atom. The predicted molar refractivity (Wildman–Crippen MR) is 92.1 cm³/mol. The van der Waals surface area contributed by atoms with Crippen molar-refractivity contribution in [2.45, 2.75) is 39.8 Å². The van der Waals surface area contributed by atoms with Crippen LogP contribution in [0.15, 0.2) is 0 Å². The monoisotopic (exact) mass is 337 g/mol. The lowest BCUT2D eigenvalue weighted by molar-refractivity contribution is -0.605. The van der Waals surface area contributed by atoms with Crippen LogP contribution >= 0.6 is 12.2 Å². The zero-order valence-electron chi connectivity index (χ0n) is 13.8. The lowest BCUT2D eigenvalue weighted by Gasteiger charge is -2.26. The van der Waals surface area contributed by atoms with E-state index in [1.807, 2.05) is 16.1 Å². The van der Waals surface area contributed by atoms with E-state index >= 15 is 0 Å². The minimum atomic E-state index is 0.602. The number of aromatic nitrogens is 5. The summed E-state index contributed by atoms with van der Waals surface area (Å²) in [7, 11) is 0. The van der Waals surface area contributed by atoms with Gasteiger partial charge in [0.15, 0.2) is 0 Å². The number of fused-ring (bicyclic) bond motifs is 1. The number of nitrogens with one attached hydrogen (secondary N) is 3. The van der Waals surface area contributed by atoms with Crippen molar-refractivity contribution in [2.24, 2.45) is 0 Å². The second kappa shape index (κ2) is 7.22. The largest absolute Gasteiger partial charge is 0.353 e. The van der Waals surface area contributed by atoms with E-state index in [0.29, 0.717) is 16.5 Å². The molecule has 3 heterocycles. The molecular formula is C14H25N8S+. The maximum Gasteiger partial charge on any atom is 0.353 e. The molecule has 1 fully saturated rings. The van der Waals surface area contributed by atoms with E-state index in [1.54, 1.807) is 0 Å². The Morgan fingerprint density at radius 3 is 2.57 bits per heavy atom. The van der Waals surface area contributed by atoms with E-state index in [0.717, 1.165) is 38.8 Å². The first-order chi connectivity index (χ1) is 11.2. The van der Waals surface area contributed by atoms with Gasteiger partial charge in [0.2, 0.25) is 4.77 Å². The van der Waals surface area contributed by atoms with E-state index in [-0.39, 0.29) is 0 Å². The molecule has 23 heavy (non-hydrogen) atoms. The smallest absolute Gasteiger partial charge is 0.338 e. The van der Waals surface area contributed by atoms with E-state index in [1.165, 1.54) is 19.3 Å².